The normalized spacial score (nSPS) is 48.2. The van der Waals surface area contributed by atoms with Crippen LogP contribution in [-0.4, -0.2) is 12.6 Å². The maximum Gasteiger partial charge on any atom is 0.0135 e. The van der Waals surface area contributed by atoms with Gasteiger partial charge < -0.3 is 5.32 Å². The van der Waals surface area contributed by atoms with Crippen molar-refractivity contribution in [2.45, 2.75) is 51.5 Å². The maximum atomic E-state index is 3.79. The van der Waals surface area contributed by atoms with Crippen LogP contribution in [0.3, 0.4) is 0 Å². The van der Waals surface area contributed by atoms with E-state index in [0.29, 0.717) is 0 Å². The molecule has 0 aliphatic heterocycles. The summed E-state index contributed by atoms with van der Waals surface area (Å²) in [4.78, 5) is 0. The lowest BCUT2D eigenvalue weighted by atomic mass is 10.0. The summed E-state index contributed by atoms with van der Waals surface area (Å²) in [7, 11) is 0. The Morgan fingerprint density at radius 2 is 1.79 bits per heavy atom. The number of rotatable bonds is 5. The average molecular weight is 193 g/mol. The van der Waals surface area contributed by atoms with Gasteiger partial charge in [0.1, 0.15) is 0 Å². The van der Waals surface area contributed by atoms with Crippen molar-refractivity contribution >= 4 is 0 Å². The predicted octanol–water partition coefficient (Wildman–Crippen LogP) is 2.81. The van der Waals surface area contributed by atoms with Crippen molar-refractivity contribution in [2.75, 3.05) is 6.54 Å². The first-order valence-electron chi connectivity index (χ1n) is 6.65. The molecule has 80 valence electrons. The van der Waals surface area contributed by atoms with Gasteiger partial charge in [-0.25, -0.2) is 0 Å². The monoisotopic (exact) mass is 193 g/mol. The minimum atomic E-state index is 0.957. The third kappa shape index (κ3) is 1.32. The molecule has 14 heavy (non-hydrogen) atoms. The fourth-order valence-electron chi connectivity index (χ4n) is 4.24. The molecule has 1 nitrogen and oxygen atoms in total. The van der Waals surface area contributed by atoms with Gasteiger partial charge in [0.05, 0.1) is 0 Å². The van der Waals surface area contributed by atoms with Crippen molar-refractivity contribution in [1.82, 2.24) is 5.32 Å². The highest BCUT2D eigenvalue weighted by Crippen LogP contribution is 2.65. The van der Waals surface area contributed by atoms with Gasteiger partial charge in [-0.15, -0.1) is 0 Å². The topological polar surface area (TPSA) is 12.0 Å². The molecule has 0 heterocycles. The Hall–Kier alpha value is -0.0400. The summed E-state index contributed by atoms with van der Waals surface area (Å²) in [5.74, 6) is 4.51. The zero-order valence-electron chi connectivity index (χ0n) is 9.34. The lowest BCUT2D eigenvalue weighted by Gasteiger charge is -2.09. The van der Waals surface area contributed by atoms with Crippen LogP contribution in [0.15, 0.2) is 0 Å². The molecule has 1 N–H and O–H groups in total. The number of unbranched alkanes of at least 4 members (excludes halogenated alkanes) is 2. The van der Waals surface area contributed by atoms with Crippen LogP contribution in [0.25, 0.3) is 0 Å². The Balaban J connectivity index is 1.41. The summed E-state index contributed by atoms with van der Waals surface area (Å²) in [5, 5.41) is 3.79. The minimum Gasteiger partial charge on any atom is -0.313 e. The maximum absolute atomic E-state index is 3.79. The second-order valence-electron chi connectivity index (χ2n) is 5.67. The Morgan fingerprint density at radius 1 is 1.07 bits per heavy atom. The van der Waals surface area contributed by atoms with Gasteiger partial charge in [0.15, 0.2) is 0 Å². The van der Waals surface area contributed by atoms with Crippen LogP contribution in [0.4, 0.5) is 0 Å². The highest BCUT2D eigenvalue weighted by molar-refractivity contribution is 5.16. The summed E-state index contributed by atoms with van der Waals surface area (Å²) < 4.78 is 0. The van der Waals surface area contributed by atoms with E-state index in [-0.39, 0.29) is 0 Å². The van der Waals surface area contributed by atoms with Gasteiger partial charge in [-0.1, -0.05) is 19.8 Å². The van der Waals surface area contributed by atoms with E-state index in [1.165, 1.54) is 25.8 Å². The van der Waals surface area contributed by atoms with Crippen molar-refractivity contribution in [2.24, 2.45) is 23.7 Å². The van der Waals surface area contributed by atoms with Gasteiger partial charge in [0.2, 0.25) is 0 Å². The van der Waals surface area contributed by atoms with Crippen LogP contribution in [0.2, 0.25) is 0 Å². The third-order valence-corrected chi connectivity index (χ3v) is 4.90. The van der Waals surface area contributed by atoms with E-state index >= 15 is 0 Å². The van der Waals surface area contributed by atoms with Crippen LogP contribution in [-0.2, 0) is 0 Å². The molecule has 0 aromatic carbocycles. The van der Waals surface area contributed by atoms with Crippen molar-refractivity contribution in [1.29, 1.82) is 0 Å². The molecule has 0 radical (unpaired) electrons. The molecule has 0 aromatic rings. The molecule has 0 spiro atoms. The summed E-state index contributed by atoms with van der Waals surface area (Å²) >= 11 is 0. The minimum absolute atomic E-state index is 0.957. The quantitative estimate of drug-likeness (QED) is 0.662. The van der Waals surface area contributed by atoms with Gasteiger partial charge in [-0.05, 0) is 55.9 Å². The molecule has 3 aliphatic rings. The zero-order chi connectivity index (χ0) is 9.54. The molecule has 0 amide bonds. The van der Waals surface area contributed by atoms with Gasteiger partial charge in [0.25, 0.3) is 0 Å². The molecule has 3 fully saturated rings. The van der Waals surface area contributed by atoms with E-state index in [9.17, 15) is 0 Å². The standard InChI is InChI=1S/C13H23N/c1-2-3-4-7-14-13-11-9-5-6-10(8-9)12(11)13/h9-14H,2-8H2,1H3. The first-order valence-corrected chi connectivity index (χ1v) is 6.65. The first kappa shape index (κ1) is 9.21. The average Bonchev–Trinajstić information content (AvgIpc) is 2.60. The van der Waals surface area contributed by atoms with Gasteiger partial charge in [-0.2, -0.15) is 0 Å². The Morgan fingerprint density at radius 3 is 2.43 bits per heavy atom. The van der Waals surface area contributed by atoms with Crippen molar-refractivity contribution in [3.63, 3.8) is 0 Å². The zero-order valence-corrected chi connectivity index (χ0v) is 9.34. The molecule has 4 unspecified atom stereocenters. The second-order valence-corrected chi connectivity index (χ2v) is 5.67. The molecule has 1 heteroatoms. The van der Waals surface area contributed by atoms with Gasteiger partial charge in [0, 0.05) is 6.04 Å². The number of hydrogen-bond donors (Lipinski definition) is 1. The van der Waals surface area contributed by atoms with E-state index in [1.54, 1.807) is 19.3 Å². The molecule has 0 aromatic heterocycles. The predicted molar refractivity (Wildman–Crippen MR) is 59.1 cm³/mol. The second kappa shape index (κ2) is 3.52. The number of fused-ring (bicyclic) bond motifs is 5. The Kier molecular flexibility index (Phi) is 2.31. The Bertz CT molecular complexity index is 197. The highest BCUT2D eigenvalue weighted by atomic mass is 15.0. The lowest BCUT2D eigenvalue weighted by molar-refractivity contribution is 0.456. The first-order chi connectivity index (χ1) is 6.92. The molecular formula is C13H23N. The molecule has 3 aliphatic carbocycles. The van der Waals surface area contributed by atoms with E-state index in [2.05, 4.69) is 12.2 Å². The number of hydrogen-bond acceptors (Lipinski definition) is 1. The van der Waals surface area contributed by atoms with Gasteiger partial charge >= 0.3 is 0 Å². The molecule has 3 rings (SSSR count). The van der Waals surface area contributed by atoms with Crippen molar-refractivity contribution in [3.8, 4) is 0 Å². The smallest absolute Gasteiger partial charge is 0.0135 e. The third-order valence-electron chi connectivity index (χ3n) is 4.90. The number of nitrogens with one attached hydrogen (secondary N) is 1. The van der Waals surface area contributed by atoms with E-state index < -0.39 is 0 Å². The summed E-state index contributed by atoms with van der Waals surface area (Å²) in [5.41, 5.74) is 0. The molecular weight excluding hydrogens is 170 g/mol. The van der Waals surface area contributed by atoms with Crippen LogP contribution >= 0.6 is 0 Å². The van der Waals surface area contributed by atoms with Crippen LogP contribution in [0.1, 0.15) is 45.4 Å². The summed E-state index contributed by atoms with van der Waals surface area (Å²) in [6.45, 7) is 3.57. The largest absolute Gasteiger partial charge is 0.313 e. The van der Waals surface area contributed by atoms with E-state index in [1.807, 2.05) is 0 Å². The van der Waals surface area contributed by atoms with E-state index in [0.717, 1.165) is 29.7 Å². The summed E-state index contributed by atoms with van der Waals surface area (Å²) in [6.07, 6.45) is 8.84. The fourth-order valence-corrected chi connectivity index (χ4v) is 4.24. The van der Waals surface area contributed by atoms with Crippen LogP contribution in [0.5, 0.6) is 0 Å². The van der Waals surface area contributed by atoms with Crippen LogP contribution in [0, 0.1) is 23.7 Å². The lowest BCUT2D eigenvalue weighted by Crippen LogP contribution is -2.23. The fraction of sp³-hybridized carbons (Fsp3) is 1.00. The summed E-state index contributed by atoms with van der Waals surface area (Å²) in [6, 6.07) is 0.957. The van der Waals surface area contributed by atoms with Crippen LogP contribution < -0.4 is 5.32 Å². The highest BCUT2D eigenvalue weighted by Gasteiger charge is 2.64. The molecule has 4 atom stereocenters. The molecule has 3 saturated carbocycles. The van der Waals surface area contributed by atoms with Crippen molar-refractivity contribution < 1.29 is 0 Å². The van der Waals surface area contributed by atoms with Crippen molar-refractivity contribution in [3.05, 3.63) is 0 Å². The van der Waals surface area contributed by atoms with E-state index in [4.69, 9.17) is 0 Å². The SMILES string of the molecule is CCCCCNC1C2C3CCC(C3)C12. The van der Waals surface area contributed by atoms with Gasteiger partial charge in [-0.3, -0.25) is 0 Å². The molecule has 2 bridgehead atoms. The molecule has 0 saturated heterocycles. The Labute approximate surface area is 87.7 Å².